The predicted octanol–water partition coefficient (Wildman–Crippen LogP) is 2.63. The van der Waals surface area contributed by atoms with Crippen molar-refractivity contribution in [3.63, 3.8) is 0 Å². The molecule has 0 aliphatic carbocycles. The number of hydrogen-bond acceptors (Lipinski definition) is 3. The number of carbonyl (C=O) groups excluding carboxylic acids is 1. The number of aliphatic hydroxyl groups excluding tert-OH is 1. The number of nitrogens with one attached hydrogen (secondary N) is 1. The van der Waals surface area contributed by atoms with Crippen LogP contribution in [0.15, 0.2) is 24.3 Å². The van der Waals surface area contributed by atoms with E-state index >= 15 is 0 Å². The molecule has 2 rings (SSSR count). The molecule has 0 aromatic heterocycles. The molecule has 1 fully saturated rings. The van der Waals surface area contributed by atoms with Crippen LogP contribution in [0, 0.1) is 5.82 Å². The first-order valence-corrected chi connectivity index (χ1v) is 8.26. The Morgan fingerprint density at radius 1 is 1.43 bits per heavy atom. The molecule has 0 bridgehead atoms. The van der Waals surface area contributed by atoms with Gasteiger partial charge in [0.1, 0.15) is 5.82 Å². The van der Waals surface area contributed by atoms with Crippen LogP contribution in [0.5, 0.6) is 0 Å². The van der Waals surface area contributed by atoms with Gasteiger partial charge in [-0.1, -0.05) is 18.6 Å². The second-order valence-electron chi connectivity index (χ2n) is 7.32. The zero-order chi connectivity index (χ0) is 17.0. The lowest BCUT2D eigenvalue weighted by Crippen LogP contribution is -2.54. The fourth-order valence-corrected chi connectivity index (χ4v) is 3.00. The van der Waals surface area contributed by atoms with Crippen molar-refractivity contribution in [2.24, 2.45) is 0 Å². The van der Waals surface area contributed by atoms with Crippen LogP contribution in [0.25, 0.3) is 0 Å². The number of piperidine rings is 1. The van der Waals surface area contributed by atoms with E-state index in [9.17, 15) is 14.3 Å². The third-order valence-corrected chi connectivity index (χ3v) is 4.06. The van der Waals surface area contributed by atoms with Crippen molar-refractivity contribution in [3.8, 4) is 0 Å². The molecule has 2 N–H and O–H groups in total. The molecule has 2 atom stereocenters. The quantitative estimate of drug-likeness (QED) is 0.896. The Labute approximate surface area is 137 Å². The summed E-state index contributed by atoms with van der Waals surface area (Å²) in [7, 11) is 0. The van der Waals surface area contributed by atoms with Crippen LogP contribution in [0.2, 0.25) is 0 Å². The van der Waals surface area contributed by atoms with Gasteiger partial charge in [-0.15, -0.1) is 0 Å². The minimum atomic E-state index is -0.797. The number of carbonyl (C=O) groups is 1. The van der Waals surface area contributed by atoms with E-state index in [1.165, 1.54) is 12.1 Å². The van der Waals surface area contributed by atoms with Gasteiger partial charge in [-0.2, -0.15) is 0 Å². The fraction of sp³-hybridized carbons (Fsp3) is 0.611. The van der Waals surface area contributed by atoms with E-state index < -0.39 is 6.10 Å². The summed E-state index contributed by atoms with van der Waals surface area (Å²) >= 11 is 0. The van der Waals surface area contributed by atoms with E-state index in [0.29, 0.717) is 12.1 Å². The van der Waals surface area contributed by atoms with E-state index in [0.717, 1.165) is 25.8 Å². The second kappa shape index (κ2) is 7.41. The number of nitrogens with zero attached hydrogens (tertiary/aromatic N) is 1. The van der Waals surface area contributed by atoms with Gasteiger partial charge in [0.2, 0.25) is 5.91 Å². The molecule has 4 nitrogen and oxygen atoms in total. The first-order valence-electron chi connectivity index (χ1n) is 8.26. The smallest absolute Gasteiger partial charge is 0.237 e. The highest BCUT2D eigenvalue weighted by atomic mass is 19.1. The summed E-state index contributed by atoms with van der Waals surface area (Å²) in [4.78, 5) is 14.5. The molecule has 1 saturated heterocycles. The number of halogens is 1. The summed E-state index contributed by atoms with van der Waals surface area (Å²) in [6.45, 7) is 6.99. The van der Waals surface area contributed by atoms with Gasteiger partial charge < -0.3 is 10.4 Å². The van der Waals surface area contributed by atoms with Gasteiger partial charge in [0.25, 0.3) is 0 Å². The van der Waals surface area contributed by atoms with Crippen molar-refractivity contribution in [2.75, 3.05) is 13.1 Å². The monoisotopic (exact) mass is 322 g/mol. The van der Waals surface area contributed by atoms with Gasteiger partial charge in [-0.05, 0) is 57.9 Å². The Bertz CT molecular complexity index is 542. The molecule has 1 heterocycles. The summed E-state index contributed by atoms with van der Waals surface area (Å²) in [5.74, 6) is -0.356. The third kappa shape index (κ3) is 5.29. The molecule has 1 aromatic carbocycles. The average molecular weight is 322 g/mol. The molecule has 0 unspecified atom stereocenters. The van der Waals surface area contributed by atoms with Crippen molar-refractivity contribution < 1.29 is 14.3 Å². The van der Waals surface area contributed by atoms with E-state index in [1.807, 2.05) is 25.7 Å². The summed E-state index contributed by atoms with van der Waals surface area (Å²) in [6.07, 6.45) is 2.01. The van der Waals surface area contributed by atoms with Crippen molar-refractivity contribution in [1.82, 2.24) is 10.2 Å². The Kier molecular flexibility index (Phi) is 5.76. The Morgan fingerprint density at radius 2 is 2.17 bits per heavy atom. The van der Waals surface area contributed by atoms with E-state index in [-0.39, 0.29) is 23.3 Å². The lowest BCUT2D eigenvalue weighted by molar-refractivity contribution is -0.129. The van der Waals surface area contributed by atoms with Gasteiger partial charge >= 0.3 is 0 Å². The van der Waals surface area contributed by atoms with Gasteiger partial charge in [0, 0.05) is 12.1 Å². The fourth-order valence-electron chi connectivity index (χ4n) is 3.00. The molecule has 1 amide bonds. The normalized spacial score (nSPS) is 21.0. The maximum absolute atomic E-state index is 13.3. The van der Waals surface area contributed by atoms with E-state index in [1.54, 1.807) is 12.1 Å². The minimum absolute atomic E-state index is 0.00337. The van der Waals surface area contributed by atoms with Gasteiger partial charge in [0.05, 0.1) is 12.1 Å². The largest absolute Gasteiger partial charge is 0.387 e. The average Bonchev–Trinajstić information content (AvgIpc) is 2.46. The van der Waals surface area contributed by atoms with Crippen LogP contribution < -0.4 is 5.32 Å². The topological polar surface area (TPSA) is 52.6 Å². The molecular weight excluding hydrogens is 295 g/mol. The summed E-state index contributed by atoms with van der Waals surface area (Å²) in [5, 5.41) is 13.4. The van der Waals surface area contributed by atoms with Gasteiger partial charge in [0.15, 0.2) is 0 Å². The zero-order valence-corrected chi connectivity index (χ0v) is 14.2. The molecule has 0 radical (unpaired) electrons. The first-order chi connectivity index (χ1) is 10.8. The number of rotatable bonds is 4. The summed E-state index contributed by atoms with van der Waals surface area (Å²) in [5.41, 5.74) is 0.270. The van der Waals surface area contributed by atoms with Crippen LogP contribution in [0.4, 0.5) is 4.39 Å². The van der Waals surface area contributed by atoms with E-state index in [4.69, 9.17) is 0 Å². The molecule has 128 valence electrons. The number of hydrogen-bond donors (Lipinski definition) is 2. The second-order valence-corrected chi connectivity index (χ2v) is 7.32. The SMILES string of the molecule is CC(C)(C)NC(=O)[C@H]1CCCCN1C[C@@H](O)c1cccc(F)c1. The Balaban J connectivity index is 2.05. The van der Waals surface area contributed by atoms with Gasteiger partial charge in [-0.3, -0.25) is 9.69 Å². The van der Waals surface area contributed by atoms with Crippen molar-refractivity contribution >= 4 is 5.91 Å². The van der Waals surface area contributed by atoms with E-state index in [2.05, 4.69) is 5.32 Å². The van der Waals surface area contributed by atoms with Crippen molar-refractivity contribution in [3.05, 3.63) is 35.6 Å². The summed E-state index contributed by atoms with van der Waals surface area (Å²) < 4.78 is 13.3. The Hall–Kier alpha value is -1.46. The summed E-state index contributed by atoms with van der Waals surface area (Å²) in [6, 6.07) is 5.77. The molecule has 0 saturated carbocycles. The van der Waals surface area contributed by atoms with Crippen LogP contribution in [-0.4, -0.2) is 40.6 Å². The number of benzene rings is 1. The van der Waals surface area contributed by atoms with Crippen LogP contribution in [0.1, 0.15) is 51.7 Å². The first kappa shape index (κ1) is 17.9. The van der Waals surface area contributed by atoms with Crippen molar-refractivity contribution in [1.29, 1.82) is 0 Å². The predicted molar refractivity (Wildman–Crippen MR) is 88.5 cm³/mol. The number of aliphatic hydroxyl groups is 1. The van der Waals surface area contributed by atoms with Crippen LogP contribution in [-0.2, 0) is 4.79 Å². The molecule has 0 spiro atoms. The minimum Gasteiger partial charge on any atom is -0.387 e. The highest BCUT2D eigenvalue weighted by Gasteiger charge is 2.31. The van der Waals surface area contributed by atoms with Crippen LogP contribution in [0.3, 0.4) is 0 Å². The number of β-amino-alcohol motifs (C(OH)–C–C–N with tert-alkyl or cyclic N) is 1. The highest BCUT2D eigenvalue weighted by molar-refractivity contribution is 5.82. The molecule has 23 heavy (non-hydrogen) atoms. The maximum Gasteiger partial charge on any atom is 0.237 e. The molecule has 5 heteroatoms. The standard InChI is InChI=1S/C18H27FN2O2/c1-18(2,3)20-17(23)15-9-4-5-10-21(15)12-16(22)13-7-6-8-14(19)11-13/h6-8,11,15-16,22H,4-5,9-10,12H2,1-3H3,(H,20,23)/t15-,16-/m1/s1. The maximum atomic E-state index is 13.3. The number of likely N-dealkylation sites (tertiary alicyclic amines) is 1. The van der Waals surface area contributed by atoms with Crippen molar-refractivity contribution in [2.45, 2.75) is 57.7 Å². The molecule has 1 aliphatic heterocycles. The lowest BCUT2D eigenvalue weighted by Gasteiger charge is -2.37. The zero-order valence-electron chi connectivity index (χ0n) is 14.2. The Morgan fingerprint density at radius 3 is 2.83 bits per heavy atom. The third-order valence-electron chi connectivity index (χ3n) is 4.06. The van der Waals surface area contributed by atoms with Crippen LogP contribution >= 0.6 is 0 Å². The highest BCUT2D eigenvalue weighted by Crippen LogP contribution is 2.22. The van der Waals surface area contributed by atoms with Gasteiger partial charge in [-0.25, -0.2) is 4.39 Å². The molecule has 1 aromatic rings. The lowest BCUT2D eigenvalue weighted by atomic mass is 9.98. The number of amides is 1. The molecular formula is C18H27FN2O2. The molecule has 1 aliphatic rings.